The minimum absolute atomic E-state index is 0.0751. The van der Waals surface area contributed by atoms with Crippen LogP contribution in [0.3, 0.4) is 0 Å². The number of carbonyl (C=O) groups excluding carboxylic acids is 1. The smallest absolute Gasteiger partial charge is 0.253 e. The molecule has 2 aromatic carbocycles. The Balaban J connectivity index is 1.91. The molecule has 0 bridgehead atoms. The Kier molecular flexibility index (Phi) is 6.01. The fourth-order valence-electron chi connectivity index (χ4n) is 3.69. The number of ether oxygens (including phenoxy) is 2. The van der Waals surface area contributed by atoms with E-state index in [1.807, 2.05) is 43.0 Å². The standard InChI is InChI=1S/C22H28N2O3/c1-5-24(6-2)22(25)16-9-7-15(8-10-16)21-18-14-20(27-4)19(26-3)13-17(18)11-12-23-21/h7-10,13-14,21,23H,5-6,11-12H2,1-4H3. The van der Waals surface area contributed by atoms with Gasteiger partial charge in [0.05, 0.1) is 20.3 Å². The number of amides is 1. The highest BCUT2D eigenvalue weighted by Gasteiger charge is 2.24. The number of hydrogen-bond acceptors (Lipinski definition) is 4. The summed E-state index contributed by atoms with van der Waals surface area (Å²) in [6.07, 6.45) is 0.949. The molecule has 5 heteroatoms. The van der Waals surface area contributed by atoms with Crippen LogP contribution in [0.1, 0.15) is 46.9 Å². The zero-order valence-corrected chi connectivity index (χ0v) is 16.5. The van der Waals surface area contributed by atoms with Crippen LogP contribution in [-0.2, 0) is 6.42 Å². The highest BCUT2D eigenvalue weighted by molar-refractivity contribution is 5.94. The minimum Gasteiger partial charge on any atom is -0.493 e. The number of nitrogens with zero attached hydrogens (tertiary/aromatic N) is 1. The van der Waals surface area contributed by atoms with Crippen molar-refractivity contribution in [1.82, 2.24) is 10.2 Å². The second kappa shape index (κ2) is 8.44. The van der Waals surface area contributed by atoms with E-state index in [2.05, 4.69) is 17.4 Å². The average molecular weight is 368 g/mol. The normalized spacial score (nSPS) is 15.8. The highest BCUT2D eigenvalue weighted by Crippen LogP contribution is 2.37. The van der Waals surface area contributed by atoms with Crippen LogP contribution in [0.5, 0.6) is 11.5 Å². The van der Waals surface area contributed by atoms with Gasteiger partial charge in [0.2, 0.25) is 0 Å². The monoisotopic (exact) mass is 368 g/mol. The molecule has 1 amide bonds. The van der Waals surface area contributed by atoms with E-state index >= 15 is 0 Å². The lowest BCUT2D eigenvalue weighted by atomic mass is 9.89. The van der Waals surface area contributed by atoms with Gasteiger partial charge in [-0.2, -0.15) is 0 Å². The van der Waals surface area contributed by atoms with Gasteiger partial charge in [-0.1, -0.05) is 12.1 Å². The van der Waals surface area contributed by atoms with Gasteiger partial charge in [-0.3, -0.25) is 4.79 Å². The Morgan fingerprint density at radius 2 is 1.70 bits per heavy atom. The first-order valence-corrected chi connectivity index (χ1v) is 9.50. The largest absolute Gasteiger partial charge is 0.493 e. The van der Waals surface area contributed by atoms with E-state index in [1.54, 1.807) is 14.2 Å². The quantitative estimate of drug-likeness (QED) is 0.849. The molecule has 0 aromatic heterocycles. The van der Waals surface area contributed by atoms with Crippen molar-refractivity contribution < 1.29 is 14.3 Å². The Morgan fingerprint density at radius 1 is 1.07 bits per heavy atom. The molecule has 0 fully saturated rings. The van der Waals surface area contributed by atoms with Gasteiger partial charge >= 0.3 is 0 Å². The Morgan fingerprint density at radius 3 is 2.30 bits per heavy atom. The molecule has 144 valence electrons. The van der Waals surface area contributed by atoms with E-state index < -0.39 is 0 Å². The number of fused-ring (bicyclic) bond motifs is 1. The van der Waals surface area contributed by atoms with Gasteiger partial charge in [0.15, 0.2) is 11.5 Å². The van der Waals surface area contributed by atoms with Gasteiger partial charge in [-0.25, -0.2) is 0 Å². The van der Waals surface area contributed by atoms with Crippen molar-refractivity contribution in [2.75, 3.05) is 33.9 Å². The van der Waals surface area contributed by atoms with Gasteiger partial charge in [0.1, 0.15) is 0 Å². The Bertz CT molecular complexity index is 798. The van der Waals surface area contributed by atoms with Gasteiger partial charge < -0.3 is 19.7 Å². The predicted octanol–water partition coefficient (Wildman–Crippen LogP) is 3.42. The number of rotatable bonds is 6. The third-order valence-electron chi connectivity index (χ3n) is 5.24. The van der Waals surface area contributed by atoms with Crippen LogP contribution in [0.15, 0.2) is 36.4 Å². The van der Waals surface area contributed by atoms with Crippen molar-refractivity contribution >= 4 is 5.91 Å². The molecule has 0 saturated heterocycles. The minimum atomic E-state index is 0.0751. The molecule has 27 heavy (non-hydrogen) atoms. The molecule has 0 aliphatic carbocycles. The summed E-state index contributed by atoms with van der Waals surface area (Å²) in [4.78, 5) is 14.4. The maximum absolute atomic E-state index is 12.5. The first-order chi connectivity index (χ1) is 13.1. The van der Waals surface area contributed by atoms with Crippen LogP contribution >= 0.6 is 0 Å². The molecule has 3 rings (SSSR count). The van der Waals surface area contributed by atoms with E-state index in [9.17, 15) is 4.79 Å². The molecule has 0 radical (unpaired) electrons. The van der Waals surface area contributed by atoms with Crippen LogP contribution in [0.2, 0.25) is 0 Å². The molecule has 0 saturated carbocycles. The van der Waals surface area contributed by atoms with Gasteiger partial charge in [0, 0.05) is 25.2 Å². The molecular weight excluding hydrogens is 340 g/mol. The molecule has 1 unspecified atom stereocenters. The van der Waals surface area contributed by atoms with Crippen LogP contribution in [-0.4, -0.2) is 44.7 Å². The summed E-state index contributed by atoms with van der Waals surface area (Å²) in [5.41, 5.74) is 4.33. The Hall–Kier alpha value is -2.53. The maximum Gasteiger partial charge on any atom is 0.253 e. The lowest BCUT2D eigenvalue weighted by Gasteiger charge is -2.28. The zero-order valence-electron chi connectivity index (χ0n) is 16.5. The second-order valence-electron chi connectivity index (χ2n) is 6.64. The number of carbonyl (C=O) groups is 1. The molecule has 1 aliphatic rings. The molecule has 1 atom stereocenters. The fourth-order valence-corrected chi connectivity index (χ4v) is 3.69. The van der Waals surface area contributed by atoms with E-state index in [4.69, 9.17) is 9.47 Å². The maximum atomic E-state index is 12.5. The molecule has 2 aromatic rings. The lowest BCUT2D eigenvalue weighted by molar-refractivity contribution is 0.0773. The zero-order chi connectivity index (χ0) is 19.4. The summed E-state index contributed by atoms with van der Waals surface area (Å²) in [7, 11) is 3.32. The van der Waals surface area contributed by atoms with Crippen LogP contribution in [0, 0.1) is 0 Å². The van der Waals surface area contributed by atoms with Crippen molar-refractivity contribution in [1.29, 1.82) is 0 Å². The topological polar surface area (TPSA) is 50.8 Å². The van der Waals surface area contributed by atoms with Crippen molar-refractivity contribution in [2.24, 2.45) is 0 Å². The Labute approximate surface area is 161 Å². The van der Waals surface area contributed by atoms with Gasteiger partial charge in [0.25, 0.3) is 5.91 Å². The first kappa shape index (κ1) is 19.2. The summed E-state index contributed by atoms with van der Waals surface area (Å²) < 4.78 is 10.9. The fraction of sp³-hybridized carbons (Fsp3) is 0.409. The summed E-state index contributed by atoms with van der Waals surface area (Å²) in [6.45, 7) is 6.33. The number of nitrogens with one attached hydrogen (secondary N) is 1. The summed E-state index contributed by atoms with van der Waals surface area (Å²) in [6, 6.07) is 12.1. The van der Waals surface area contributed by atoms with Crippen LogP contribution in [0.25, 0.3) is 0 Å². The second-order valence-corrected chi connectivity index (χ2v) is 6.64. The van der Waals surface area contributed by atoms with Crippen molar-refractivity contribution in [3.05, 3.63) is 58.7 Å². The van der Waals surface area contributed by atoms with Crippen LogP contribution < -0.4 is 14.8 Å². The first-order valence-electron chi connectivity index (χ1n) is 9.50. The van der Waals surface area contributed by atoms with Gasteiger partial charge in [-0.05, 0) is 61.2 Å². The summed E-state index contributed by atoms with van der Waals surface area (Å²) in [5.74, 6) is 1.57. The SMILES string of the molecule is CCN(CC)C(=O)c1ccc(C2NCCc3cc(OC)c(OC)cc32)cc1. The number of methoxy groups -OCH3 is 2. The van der Waals surface area contributed by atoms with E-state index in [0.29, 0.717) is 0 Å². The summed E-state index contributed by atoms with van der Waals surface area (Å²) in [5, 5.41) is 3.58. The number of benzene rings is 2. The van der Waals surface area contributed by atoms with Crippen molar-refractivity contribution in [3.63, 3.8) is 0 Å². The molecule has 0 spiro atoms. The van der Waals surface area contributed by atoms with Crippen molar-refractivity contribution in [3.8, 4) is 11.5 Å². The molecular formula is C22H28N2O3. The predicted molar refractivity (Wildman–Crippen MR) is 107 cm³/mol. The highest BCUT2D eigenvalue weighted by atomic mass is 16.5. The number of hydrogen-bond donors (Lipinski definition) is 1. The molecule has 1 N–H and O–H groups in total. The molecule has 1 aliphatic heterocycles. The van der Waals surface area contributed by atoms with Crippen LogP contribution in [0.4, 0.5) is 0 Å². The van der Waals surface area contributed by atoms with Gasteiger partial charge in [-0.15, -0.1) is 0 Å². The van der Waals surface area contributed by atoms with Crippen molar-refractivity contribution in [2.45, 2.75) is 26.3 Å². The van der Waals surface area contributed by atoms with E-state index in [0.717, 1.165) is 48.7 Å². The molecule has 5 nitrogen and oxygen atoms in total. The van der Waals surface area contributed by atoms with E-state index in [1.165, 1.54) is 11.1 Å². The summed E-state index contributed by atoms with van der Waals surface area (Å²) >= 11 is 0. The third kappa shape index (κ3) is 3.78. The average Bonchev–Trinajstić information content (AvgIpc) is 2.73. The lowest BCUT2D eigenvalue weighted by Crippen LogP contribution is -2.31. The third-order valence-corrected chi connectivity index (χ3v) is 5.24. The van der Waals surface area contributed by atoms with E-state index in [-0.39, 0.29) is 11.9 Å². The molecule has 1 heterocycles.